The standard InChI is InChI=1S/C9H7ClN2O/c10-7-4-6-5(3-8(7)11)1-2-12-9(6)13/h1-4,6,11H,(H,12,13). The molecule has 0 bridgehead atoms. The smallest absolute Gasteiger partial charge is 0.235 e. The van der Waals surface area contributed by atoms with E-state index in [9.17, 15) is 4.79 Å². The zero-order chi connectivity index (χ0) is 9.42. The van der Waals surface area contributed by atoms with Crippen LogP contribution < -0.4 is 5.32 Å². The van der Waals surface area contributed by atoms with E-state index >= 15 is 0 Å². The number of rotatable bonds is 0. The van der Waals surface area contributed by atoms with E-state index in [0.717, 1.165) is 5.57 Å². The van der Waals surface area contributed by atoms with Crippen molar-refractivity contribution in [3.63, 3.8) is 0 Å². The van der Waals surface area contributed by atoms with E-state index < -0.39 is 0 Å². The summed E-state index contributed by atoms with van der Waals surface area (Å²) < 4.78 is 0. The minimum atomic E-state index is -0.327. The van der Waals surface area contributed by atoms with Crippen molar-refractivity contribution in [2.75, 3.05) is 0 Å². The van der Waals surface area contributed by atoms with E-state index in [1.54, 1.807) is 24.4 Å². The van der Waals surface area contributed by atoms with E-state index in [1.165, 1.54) is 0 Å². The molecular weight excluding hydrogens is 188 g/mol. The number of carbonyl (C=O) groups is 1. The van der Waals surface area contributed by atoms with Crippen LogP contribution in [0.4, 0.5) is 0 Å². The molecule has 2 N–H and O–H groups in total. The molecule has 3 nitrogen and oxygen atoms in total. The van der Waals surface area contributed by atoms with E-state index in [2.05, 4.69) is 5.32 Å². The monoisotopic (exact) mass is 194 g/mol. The Bertz CT molecular complexity index is 379. The Hall–Kier alpha value is -1.35. The lowest BCUT2D eigenvalue weighted by Gasteiger charge is -2.21. The average Bonchev–Trinajstić information content (AvgIpc) is 2.09. The van der Waals surface area contributed by atoms with Gasteiger partial charge in [0.25, 0.3) is 0 Å². The van der Waals surface area contributed by atoms with Crippen LogP contribution in [0.2, 0.25) is 0 Å². The summed E-state index contributed by atoms with van der Waals surface area (Å²) in [5.74, 6) is -0.425. The highest BCUT2D eigenvalue weighted by Gasteiger charge is 2.25. The lowest BCUT2D eigenvalue weighted by molar-refractivity contribution is -0.121. The second-order valence-electron chi connectivity index (χ2n) is 2.89. The molecule has 0 saturated heterocycles. The van der Waals surface area contributed by atoms with Gasteiger partial charge in [0.1, 0.15) is 0 Å². The molecule has 0 spiro atoms. The molecule has 1 amide bonds. The minimum absolute atomic E-state index is 0.0978. The maximum absolute atomic E-state index is 11.3. The fourth-order valence-corrected chi connectivity index (χ4v) is 1.53. The number of allylic oxidation sites excluding steroid dienone is 3. The second kappa shape index (κ2) is 2.85. The normalized spacial score (nSPS) is 26.1. The van der Waals surface area contributed by atoms with Crippen LogP contribution in [0, 0.1) is 11.3 Å². The third kappa shape index (κ3) is 1.31. The summed E-state index contributed by atoms with van der Waals surface area (Å²) in [4.78, 5) is 11.3. The molecule has 0 fully saturated rings. The summed E-state index contributed by atoms with van der Waals surface area (Å²) in [6.07, 6.45) is 6.56. The Morgan fingerprint density at radius 1 is 1.54 bits per heavy atom. The average molecular weight is 195 g/mol. The molecule has 0 radical (unpaired) electrons. The predicted molar refractivity (Wildman–Crippen MR) is 50.5 cm³/mol. The number of amides is 1. The van der Waals surface area contributed by atoms with Gasteiger partial charge in [0.2, 0.25) is 5.91 Å². The summed E-state index contributed by atoms with van der Waals surface area (Å²) in [5.41, 5.74) is 1.07. The van der Waals surface area contributed by atoms with Gasteiger partial charge in [-0.15, -0.1) is 0 Å². The number of halogens is 1. The van der Waals surface area contributed by atoms with Gasteiger partial charge in [-0.05, 0) is 23.8 Å². The van der Waals surface area contributed by atoms with Crippen LogP contribution in [0.1, 0.15) is 0 Å². The molecule has 66 valence electrons. The van der Waals surface area contributed by atoms with Crippen molar-refractivity contribution in [2.24, 2.45) is 5.92 Å². The Kier molecular flexibility index (Phi) is 1.81. The SMILES string of the molecule is N=C1C=C2C=CNC(=O)C2C=C1Cl. The molecule has 0 aromatic rings. The van der Waals surface area contributed by atoms with Crippen LogP contribution in [0.25, 0.3) is 0 Å². The molecule has 1 aliphatic carbocycles. The number of carbonyl (C=O) groups excluding carboxylic acids is 1. The molecule has 1 unspecified atom stereocenters. The predicted octanol–water partition coefficient (Wildman–Crippen LogP) is 1.33. The number of hydrogen-bond donors (Lipinski definition) is 2. The Balaban J connectivity index is 2.45. The van der Waals surface area contributed by atoms with Crippen LogP contribution in [-0.2, 0) is 4.79 Å². The molecule has 1 heterocycles. The molecule has 1 atom stereocenters. The molecule has 4 heteroatoms. The first-order valence-electron chi connectivity index (χ1n) is 3.83. The third-order valence-corrected chi connectivity index (χ3v) is 2.35. The molecular formula is C9H7ClN2O. The summed E-state index contributed by atoms with van der Waals surface area (Å²) in [5, 5.41) is 10.4. The molecule has 1 aliphatic heterocycles. The largest absolute Gasteiger partial charge is 0.332 e. The number of fused-ring (bicyclic) bond motifs is 1. The zero-order valence-electron chi connectivity index (χ0n) is 6.67. The van der Waals surface area contributed by atoms with Gasteiger partial charge in [0.15, 0.2) is 0 Å². The van der Waals surface area contributed by atoms with Crippen molar-refractivity contribution < 1.29 is 4.79 Å². The van der Waals surface area contributed by atoms with Crippen molar-refractivity contribution in [2.45, 2.75) is 0 Å². The van der Waals surface area contributed by atoms with Crippen molar-refractivity contribution in [1.29, 1.82) is 5.41 Å². The lowest BCUT2D eigenvalue weighted by atomic mass is 9.90. The van der Waals surface area contributed by atoms with Gasteiger partial charge in [-0.2, -0.15) is 0 Å². The topological polar surface area (TPSA) is 53.0 Å². The van der Waals surface area contributed by atoms with E-state index in [4.69, 9.17) is 17.0 Å². The summed E-state index contributed by atoms with van der Waals surface area (Å²) in [7, 11) is 0. The quantitative estimate of drug-likeness (QED) is 0.601. The summed E-state index contributed by atoms with van der Waals surface area (Å²) >= 11 is 5.74. The van der Waals surface area contributed by atoms with Gasteiger partial charge in [0.05, 0.1) is 16.7 Å². The molecule has 0 aromatic carbocycles. The highest BCUT2D eigenvalue weighted by atomic mass is 35.5. The van der Waals surface area contributed by atoms with Gasteiger partial charge in [-0.3, -0.25) is 10.2 Å². The third-order valence-electron chi connectivity index (χ3n) is 2.02. The molecule has 13 heavy (non-hydrogen) atoms. The fraction of sp³-hybridized carbons (Fsp3) is 0.111. The zero-order valence-corrected chi connectivity index (χ0v) is 7.43. The van der Waals surface area contributed by atoms with Crippen LogP contribution >= 0.6 is 11.6 Å². The first-order chi connectivity index (χ1) is 6.18. The van der Waals surface area contributed by atoms with Crippen LogP contribution in [-0.4, -0.2) is 11.6 Å². The second-order valence-corrected chi connectivity index (χ2v) is 3.30. The van der Waals surface area contributed by atoms with Gasteiger partial charge in [-0.1, -0.05) is 11.6 Å². The molecule has 2 rings (SSSR count). The van der Waals surface area contributed by atoms with E-state index in [0.29, 0.717) is 5.03 Å². The number of nitrogens with one attached hydrogen (secondary N) is 2. The Morgan fingerprint density at radius 2 is 2.31 bits per heavy atom. The fourth-order valence-electron chi connectivity index (χ4n) is 1.35. The first-order valence-corrected chi connectivity index (χ1v) is 4.21. The van der Waals surface area contributed by atoms with Crippen molar-refractivity contribution in [3.8, 4) is 0 Å². The number of hydrogen-bond acceptors (Lipinski definition) is 2. The minimum Gasteiger partial charge on any atom is -0.332 e. The first kappa shape index (κ1) is 8.26. The maximum atomic E-state index is 11.3. The molecule has 2 aliphatic rings. The Labute approximate surface area is 80.3 Å². The van der Waals surface area contributed by atoms with Crippen molar-refractivity contribution >= 4 is 23.2 Å². The van der Waals surface area contributed by atoms with Gasteiger partial charge < -0.3 is 5.32 Å². The van der Waals surface area contributed by atoms with Crippen LogP contribution in [0.15, 0.2) is 35.0 Å². The maximum Gasteiger partial charge on any atom is 0.235 e. The van der Waals surface area contributed by atoms with Gasteiger partial charge in [0, 0.05) is 6.20 Å². The van der Waals surface area contributed by atoms with Crippen LogP contribution in [0.3, 0.4) is 0 Å². The van der Waals surface area contributed by atoms with E-state index in [1.807, 2.05) is 0 Å². The molecule has 0 aromatic heterocycles. The van der Waals surface area contributed by atoms with E-state index in [-0.39, 0.29) is 17.5 Å². The molecule has 0 saturated carbocycles. The Morgan fingerprint density at radius 3 is 3.08 bits per heavy atom. The lowest BCUT2D eigenvalue weighted by Crippen LogP contribution is -2.31. The van der Waals surface area contributed by atoms with Crippen molar-refractivity contribution in [3.05, 3.63) is 35.0 Å². The summed E-state index contributed by atoms with van der Waals surface area (Å²) in [6, 6.07) is 0. The van der Waals surface area contributed by atoms with Gasteiger partial charge >= 0.3 is 0 Å². The highest BCUT2D eigenvalue weighted by Crippen LogP contribution is 2.26. The van der Waals surface area contributed by atoms with Crippen molar-refractivity contribution in [1.82, 2.24) is 5.32 Å². The highest BCUT2D eigenvalue weighted by molar-refractivity contribution is 6.45. The summed E-state index contributed by atoms with van der Waals surface area (Å²) in [6.45, 7) is 0. The van der Waals surface area contributed by atoms with Gasteiger partial charge in [-0.25, -0.2) is 0 Å². The van der Waals surface area contributed by atoms with Crippen LogP contribution in [0.5, 0.6) is 0 Å².